The van der Waals surface area contributed by atoms with Crippen LogP contribution in [0.1, 0.15) is 17.5 Å². The second-order valence-corrected chi connectivity index (χ2v) is 9.25. The second-order valence-electron chi connectivity index (χ2n) is 9.25. The molecule has 6 rings (SSSR count). The first-order valence-electron chi connectivity index (χ1n) is 12.7. The summed E-state index contributed by atoms with van der Waals surface area (Å²) in [6.45, 7) is 2.50. The van der Waals surface area contributed by atoms with E-state index in [-0.39, 0.29) is 5.88 Å². The van der Waals surface area contributed by atoms with Crippen LogP contribution < -0.4 is 9.47 Å². The molecule has 8 nitrogen and oxygen atoms in total. The van der Waals surface area contributed by atoms with Gasteiger partial charge in [-0.05, 0) is 42.8 Å². The molecule has 0 atom stereocenters. The third-order valence-electron chi connectivity index (χ3n) is 6.83. The number of aromatic nitrogens is 4. The molecule has 0 unspecified atom stereocenters. The zero-order valence-corrected chi connectivity index (χ0v) is 21.3. The van der Waals surface area contributed by atoms with Gasteiger partial charge in [-0.2, -0.15) is 0 Å². The number of nitrogens with zero attached hydrogens (tertiary/aromatic N) is 3. The summed E-state index contributed by atoms with van der Waals surface area (Å²) < 4.78 is 13.2. The van der Waals surface area contributed by atoms with Crippen LogP contribution in [0.3, 0.4) is 0 Å². The minimum absolute atomic E-state index is 0.223. The molecule has 8 heteroatoms. The molecule has 6 aromatic rings. The molecule has 2 N–H and O–H groups in total. The van der Waals surface area contributed by atoms with Crippen LogP contribution in [-0.2, 0) is 6.42 Å². The van der Waals surface area contributed by atoms with Crippen molar-refractivity contribution in [3.63, 3.8) is 0 Å². The molecule has 39 heavy (non-hydrogen) atoms. The number of ether oxygens (including phenoxy) is 2. The monoisotopic (exact) mass is 518 g/mol. The number of para-hydroxylation sites is 1. The Labute approximate surface area is 224 Å². The predicted octanol–water partition coefficient (Wildman–Crippen LogP) is 6.95. The number of pyridine rings is 1. The number of carboxylic acid groups (broad SMARTS) is 1. The van der Waals surface area contributed by atoms with E-state index in [1.165, 1.54) is 0 Å². The van der Waals surface area contributed by atoms with Crippen LogP contribution in [0.2, 0.25) is 0 Å². The molecular formula is C31H26N4O4. The van der Waals surface area contributed by atoms with Crippen LogP contribution in [0.15, 0.2) is 91.6 Å². The molecule has 0 aliphatic carbocycles. The van der Waals surface area contributed by atoms with Crippen LogP contribution in [-0.4, -0.2) is 37.4 Å². The Hall–Kier alpha value is -5.11. The topological polar surface area (TPSA) is 102 Å². The summed E-state index contributed by atoms with van der Waals surface area (Å²) in [6.07, 6.45) is 6.90. The fourth-order valence-electron chi connectivity index (χ4n) is 5.09. The molecule has 3 aromatic heterocycles. The number of fused-ring (bicyclic) bond motifs is 2. The highest BCUT2D eigenvalue weighted by atomic mass is 16.7. The Morgan fingerprint density at radius 2 is 1.82 bits per heavy atom. The first-order chi connectivity index (χ1) is 19.1. The van der Waals surface area contributed by atoms with E-state index in [4.69, 9.17) is 9.47 Å². The van der Waals surface area contributed by atoms with E-state index in [1.807, 2.05) is 72.3 Å². The van der Waals surface area contributed by atoms with Crippen LogP contribution >= 0.6 is 0 Å². The lowest BCUT2D eigenvalue weighted by Crippen LogP contribution is -2.06. The lowest BCUT2D eigenvalue weighted by Gasteiger charge is -2.13. The minimum atomic E-state index is -1.37. The third kappa shape index (κ3) is 4.68. The lowest BCUT2D eigenvalue weighted by molar-refractivity contribution is 0.142. The van der Waals surface area contributed by atoms with Gasteiger partial charge in [0.05, 0.1) is 12.1 Å². The van der Waals surface area contributed by atoms with Gasteiger partial charge < -0.3 is 19.6 Å². The largest absolute Gasteiger partial charge is 0.512 e. The van der Waals surface area contributed by atoms with Gasteiger partial charge >= 0.3 is 6.16 Å². The number of H-pyrrole nitrogens is 1. The van der Waals surface area contributed by atoms with Crippen molar-refractivity contribution in [2.75, 3.05) is 6.61 Å². The molecule has 3 heterocycles. The number of aryl methyl sites for hydroxylation is 2. The number of rotatable bonds is 8. The minimum Gasteiger partial charge on any atom is -0.493 e. The van der Waals surface area contributed by atoms with Crippen molar-refractivity contribution in [3.05, 3.63) is 103 Å². The van der Waals surface area contributed by atoms with Gasteiger partial charge in [0.25, 0.3) is 0 Å². The van der Waals surface area contributed by atoms with Crippen LogP contribution in [0.4, 0.5) is 4.79 Å². The van der Waals surface area contributed by atoms with Crippen LogP contribution in [0, 0.1) is 6.92 Å². The van der Waals surface area contributed by atoms with Crippen molar-refractivity contribution in [1.82, 2.24) is 19.5 Å². The van der Waals surface area contributed by atoms with Crippen LogP contribution in [0.5, 0.6) is 11.6 Å². The molecule has 194 valence electrons. The molecule has 0 radical (unpaired) electrons. The van der Waals surface area contributed by atoms with E-state index in [0.717, 1.165) is 55.5 Å². The van der Waals surface area contributed by atoms with Gasteiger partial charge in [0.15, 0.2) is 0 Å². The molecule has 0 bridgehead atoms. The van der Waals surface area contributed by atoms with Crippen molar-refractivity contribution in [1.29, 1.82) is 0 Å². The summed E-state index contributed by atoms with van der Waals surface area (Å²) in [4.78, 5) is 23.6. The number of hydrogen-bond donors (Lipinski definition) is 2. The molecule has 0 aliphatic heterocycles. The Bertz CT molecular complexity index is 1780. The van der Waals surface area contributed by atoms with Gasteiger partial charge in [0.2, 0.25) is 5.88 Å². The van der Waals surface area contributed by atoms with Crippen molar-refractivity contribution in [2.24, 2.45) is 0 Å². The third-order valence-corrected chi connectivity index (χ3v) is 6.83. The molecule has 0 saturated carbocycles. The van der Waals surface area contributed by atoms with Crippen molar-refractivity contribution in [3.8, 4) is 28.6 Å². The summed E-state index contributed by atoms with van der Waals surface area (Å²) in [5, 5.41) is 12.5. The molecule has 0 saturated heterocycles. The highest BCUT2D eigenvalue weighted by molar-refractivity contribution is 6.00. The smallest absolute Gasteiger partial charge is 0.493 e. The van der Waals surface area contributed by atoms with E-state index in [1.54, 1.807) is 18.7 Å². The van der Waals surface area contributed by atoms with Gasteiger partial charge in [-0.1, -0.05) is 54.6 Å². The van der Waals surface area contributed by atoms with Crippen LogP contribution in [0.25, 0.3) is 38.6 Å². The predicted molar refractivity (Wildman–Crippen MR) is 150 cm³/mol. The fraction of sp³-hybridized carbons (Fsp3) is 0.129. The van der Waals surface area contributed by atoms with Gasteiger partial charge in [-0.3, -0.25) is 4.57 Å². The Morgan fingerprint density at radius 3 is 2.67 bits per heavy atom. The lowest BCUT2D eigenvalue weighted by atomic mass is 9.97. The van der Waals surface area contributed by atoms with Gasteiger partial charge in [0.1, 0.15) is 17.9 Å². The summed E-state index contributed by atoms with van der Waals surface area (Å²) in [7, 11) is 0. The summed E-state index contributed by atoms with van der Waals surface area (Å²) in [6, 6.07) is 22.0. The average molecular weight is 519 g/mol. The van der Waals surface area contributed by atoms with E-state index in [9.17, 15) is 9.90 Å². The molecule has 0 fully saturated rings. The second kappa shape index (κ2) is 10.3. The zero-order chi connectivity index (χ0) is 26.8. The number of hydrogen-bond acceptors (Lipinski definition) is 5. The summed E-state index contributed by atoms with van der Waals surface area (Å²) in [5.41, 5.74) is 4.43. The normalized spacial score (nSPS) is 11.2. The van der Waals surface area contributed by atoms with E-state index < -0.39 is 6.16 Å². The Morgan fingerprint density at radius 1 is 1.00 bits per heavy atom. The Balaban J connectivity index is 1.34. The highest BCUT2D eigenvalue weighted by Crippen LogP contribution is 2.38. The number of aromatic amines is 1. The molecule has 0 amide bonds. The van der Waals surface area contributed by atoms with Crippen molar-refractivity contribution < 1.29 is 19.4 Å². The highest BCUT2D eigenvalue weighted by Gasteiger charge is 2.21. The standard InChI is InChI=1S/C31H26N4O4/c1-20-14-15-33-29(35-17-16-32-19-35)27(20)25-11-5-10-23-24(30(34-28(23)25)39-31(36)37)12-6-18-38-26-13-4-8-21-7-2-3-9-22(21)26/h2-5,7-11,13-17,19,34H,6,12,18H2,1H3,(H,36,37). The number of carbonyl (C=O) groups is 1. The maximum Gasteiger partial charge on any atom is 0.512 e. The zero-order valence-electron chi connectivity index (χ0n) is 21.3. The van der Waals surface area contributed by atoms with E-state index >= 15 is 0 Å². The summed E-state index contributed by atoms with van der Waals surface area (Å²) >= 11 is 0. The SMILES string of the molecule is Cc1ccnc(-n2ccnc2)c1-c1cccc2c(CCCOc3cccc4ccccc34)c(OC(=O)O)[nH]c12. The van der Waals surface area contributed by atoms with Crippen molar-refractivity contribution >= 4 is 27.8 Å². The number of benzene rings is 3. The van der Waals surface area contributed by atoms with Gasteiger partial charge in [-0.25, -0.2) is 14.8 Å². The maximum atomic E-state index is 11.6. The maximum absolute atomic E-state index is 11.6. The Kier molecular flexibility index (Phi) is 6.42. The number of nitrogens with one attached hydrogen (secondary N) is 1. The molecule has 0 aliphatic rings. The first-order valence-corrected chi connectivity index (χ1v) is 12.7. The fourth-order valence-corrected chi connectivity index (χ4v) is 5.09. The quantitative estimate of drug-likeness (QED) is 0.167. The molecule has 3 aromatic carbocycles. The molecule has 0 spiro atoms. The van der Waals surface area contributed by atoms with Gasteiger partial charge in [0, 0.05) is 46.1 Å². The van der Waals surface area contributed by atoms with Gasteiger partial charge in [-0.15, -0.1) is 0 Å². The average Bonchev–Trinajstić information content (AvgIpc) is 3.59. The first kappa shape index (κ1) is 24.2. The van der Waals surface area contributed by atoms with Crippen molar-refractivity contribution in [2.45, 2.75) is 19.8 Å². The summed E-state index contributed by atoms with van der Waals surface area (Å²) in [5.74, 6) is 1.79. The number of imidazole rings is 1. The van der Waals surface area contributed by atoms with E-state index in [2.05, 4.69) is 27.1 Å². The molecular weight excluding hydrogens is 492 g/mol. The van der Waals surface area contributed by atoms with E-state index in [0.29, 0.717) is 19.4 Å².